The molecule has 0 N–H and O–H groups in total. The van der Waals surface area contributed by atoms with Crippen LogP contribution in [0.25, 0.3) is 109 Å². The SMILES string of the molecule is Cc1cc2c(nc(CCc3ccc4ccccc4n3)n2C)c2ccccc12.Cc1cc2ccccc2c2nc(CCc3ccc4ccccc4n3)n(C)c12.Cn1c(CCc2ccc3ccc4cccnc4c3n2)nc2c3ccccc3ccc21. The van der Waals surface area contributed by atoms with Crippen LogP contribution in [0, 0.1) is 13.8 Å². The molecular formula is C74H62N10. The Morgan fingerprint density at radius 2 is 0.750 bits per heavy atom. The minimum atomic E-state index is 0.842. The number of aryl methyl sites for hydroxylation is 11. The minimum Gasteiger partial charge on any atom is -0.331 e. The second-order valence-corrected chi connectivity index (χ2v) is 22.1. The predicted molar refractivity (Wildman–Crippen MR) is 347 cm³/mol. The molecule has 7 heterocycles. The first-order chi connectivity index (χ1) is 41.2. The number of hydrogen-bond donors (Lipinski definition) is 0. The molecule has 0 aliphatic carbocycles. The summed E-state index contributed by atoms with van der Waals surface area (Å²) in [6.45, 7) is 4.35. The zero-order chi connectivity index (χ0) is 56.8. The Morgan fingerprint density at radius 1 is 0.298 bits per heavy atom. The molecule has 0 atom stereocenters. The van der Waals surface area contributed by atoms with Crippen molar-refractivity contribution in [2.45, 2.75) is 52.4 Å². The maximum Gasteiger partial charge on any atom is 0.110 e. The molecule has 0 saturated carbocycles. The number of rotatable bonds is 9. The van der Waals surface area contributed by atoms with Crippen LogP contribution >= 0.6 is 0 Å². The quantitative estimate of drug-likeness (QED) is 0.133. The van der Waals surface area contributed by atoms with E-state index in [1.165, 1.54) is 70.8 Å². The molecule has 7 aromatic heterocycles. The van der Waals surface area contributed by atoms with Crippen molar-refractivity contribution in [1.82, 2.24) is 48.6 Å². The van der Waals surface area contributed by atoms with E-state index in [0.29, 0.717) is 0 Å². The minimum absolute atomic E-state index is 0.842. The van der Waals surface area contributed by atoms with E-state index in [0.717, 1.165) is 122 Å². The summed E-state index contributed by atoms with van der Waals surface area (Å²) in [6.07, 6.45) is 7.05. The van der Waals surface area contributed by atoms with Crippen molar-refractivity contribution in [3.63, 3.8) is 0 Å². The molecule has 16 rings (SSSR count). The molecule has 10 heteroatoms. The van der Waals surface area contributed by atoms with Gasteiger partial charge in [0.15, 0.2) is 0 Å². The van der Waals surface area contributed by atoms with E-state index < -0.39 is 0 Å². The summed E-state index contributed by atoms with van der Waals surface area (Å²) >= 11 is 0. The standard InChI is InChI=1S/C26H20N4.2C24H21N3/c1-30-22-14-11-17-5-2-3-7-21(17)26(22)29-23(30)15-13-20-12-10-19-9-8-18-6-4-16-27-24(18)25(19)28-20;1-16-15-22-24(20-9-5-4-8-19(16)20)26-23(27(22)2)14-13-18-12-11-17-7-3-6-10-21(17)25-18;1-16-15-18-8-3-5-9-20(18)23-24(16)27(2)22(26-23)14-13-19-12-11-17-7-4-6-10-21(17)25-19/h2-12,14,16H,13,15H2,1H3;2*3-12,15H,13-14H2,1-2H3. The van der Waals surface area contributed by atoms with Crippen LogP contribution in [0.5, 0.6) is 0 Å². The second-order valence-electron chi connectivity index (χ2n) is 22.1. The average Bonchev–Trinajstić information content (AvgIpc) is 2.90. The van der Waals surface area contributed by atoms with E-state index >= 15 is 0 Å². The fourth-order valence-corrected chi connectivity index (χ4v) is 12.3. The molecule has 0 radical (unpaired) electrons. The Hall–Kier alpha value is -10.2. The first-order valence-electron chi connectivity index (χ1n) is 29.0. The topological polar surface area (TPSA) is 105 Å². The molecule has 0 unspecified atom stereocenters. The molecule has 9 aromatic carbocycles. The summed E-state index contributed by atoms with van der Waals surface area (Å²) in [5.41, 5.74) is 16.8. The van der Waals surface area contributed by atoms with Gasteiger partial charge in [0, 0.05) is 101 Å². The van der Waals surface area contributed by atoms with Crippen LogP contribution < -0.4 is 0 Å². The molecule has 84 heavy (non-hydrogen) atoms. The molecule has 0 amide bonds. The largest absolute Gasteiger partial charge is 0.331 e. The lowest BCUT2D eigenvalue weighted by atomic mass is 10.0. The highest BCUT2D eigenvalue weighted by molar-refractivity contribution is 6.08. The zero-order valence-corrected chi connectivity index (χ0v) is 47.9. The third-order valence-electron chi connectivity index (χ3n) is 16.8. The van der Waals surface area contributed by atoms with E-state index in [2.05, 4.69) is 242 Å². The van der Waals surface area contributed by atoms with Gasteiger partial charge in [-0.15, -0.1) is 0 Å². The summed E-state index contributed by atoms with van der Waals surface area (Å²) in [5, 5.41) is 12.0. The molecule has 0 saturated heterocycles. The highest BCUT2D eigenvalue weighted by Crippen LogP contribution is 2.32. The lowest BCUT2D eigenvalue weighted by Gasteiger charge is -2.06. The first-order valence-corrected chi connectivity index (χ1v) is 29.0. The summed E-state index contributed by atoms with van der Waals surface area (Å²) in [7, 11) is 6.34. The van der Waals surface area contributed by atoms with Crippen LogP contribution in [0.3, 0.4) is 0 Å². The molecule has 0 bridgehead atoms. The van der Waals surface area contributed by atoms with Gasteiger partial charge in [-0.25, -0.2) is 15.0 Å². The molecule has 0 spiro atoms. The lowest BCUT2D eigenvalue weighted by Crippen LogP contribution is -2.02. The number of imidazole rings is 3. The molecule has 16 aromatic rings. The van der Waals surface area contributed by atoms with Gasteiger partial charge in [0.1, 0.15) is 17.5 Å². The van der Waals surface area contributed by atoms with Crippen molar-refractivity contribution >= 4 is 109 Å². The van der Waals surface area contributed by atoms with E-state index in [-0.39, 0.29) is 0 Å². The third-order valence-corrected chi connectivity index (χ3v) is 16.8. The van der Waals surface area contributed by atoms with Crippen LogP contribution in [-0.2, 0) is 59.7 Å². The lowest BCUT2D eigenvalue weighted by molar-refractivity contribution is 0.777. The Labute approximate surface area is 486 Å². The number of hydrogen-bond acceptors (Lipinski definition) is 7. The number of nitrogens with zero attached hydrogens (tertiary/aromatic N) is 10. The van der Waals surface area contributed by atoms with Crippen LogP contribution in [0.1, 0.15) is 45.7 Å². The highest BCUT2D eigenvalue weighted by atomic mass is 15.1. The molecular weight excluding hydrogens is 1030 g/mol. The van der Waals surface area contributed by atoms with Gasteiger partial charge < -0.3 is 13.7 Å². The van der Waals surface area contributed by atoms with Crippen LogP contribution in [0.15, 0.2) is 212 Å². The van der Waals surface area contributed by atoms with Crippen molar-refractivity contribution in [2.75, 3.05) is 0 Å². The maximum absolute atomic E-state index is 5.01. The smallest absolute Gasteiger partial charge is 0.110 e. The zero-order valence-electron chi connectivity index (χ0n) is 47.9. The van der Waals surface area contributed by atoms with E-state index in [1.807, 2.05) is 24.4 Å². The summed E-state index contributed by atoms with van der Waals surface area (Å²) in [5.74, 6) is 3.30. The fraction of sp³-hybridized carbons (Fsp3) is 0.149. The van der Waals surface area contributed by atoms with Gasteiger partial charge in [0.25, 0.3) is 0 Å². The molecule has 0 aliphatic rings. The van der Waals surface area contributed by atoms with Crippen molar-refractivity contribution in [3.8, 4) is 0 Å². The van der Waals surface area contributed by atoms with Crippen molar-refractivity contribution < 1.29 is 0 Å². The fourth-order valence-electron chi connectivity index (χ4n) is 12.3. The van der Waals surface area contributed by atoms with Crippen molar-refractivity contribution in [2.24, 2.45) is 21.1 Å². The van der Waals surface area contributed by atoms with Crippen molar-refractivity contribution in [3.05, 3.63) is 258 Å². The first kappa shape index (κ1) is 51.9. The van der Waals surface area contributed by atoms with Crippen LogP contribution in [0.2, 0.25) is 0 Å². The second kappa shape index (κ2) is 21.9. The number of pyridine rings is 4. The summed E-state index contributed by atoms with van der Waals surface area (Å²) in [6, 6.07) is 72.0. The predicted octanol–water partition coefficient (Wildman–Crippen LogP) is 16.3. The monoisotopic (exact) mass is 1090 g/mol. The number of aromatic nitrogens is 10. The molecule has 10 nitrogen and oxygen atoms in total. The highest BCUT2D eigenvalue weighted by Gasteiger charge is 2.17. The van der Waals surface area contributed by atoms with Crippen molar-refractivity contribution in [1.29, 1.82) is 0 Å². The number of fused-ring (bicyclic) bond motifs is 14. The van der Waals surface area contributed by atoms with E-state index in [1.54, 1.807) is 0 Å². The van der Waals surface area contributed by atoms with Gasteiger partial charge in [-0.05, 0) is 115 Å². The van der Waals surface area contributed by atoms with Gasteiger partial charge >= 0.3 is 0 Å². The van der Waals surface area contributed by atoms with Gasteiger partial charge in [-0.2, -0.15) is 0 Å². The number of para-hydroxylation sites is 2. The van der Waals surface area contributed by atoms with Gasteiger partial charge in [0.05, 0.1) is 55.2 Å². The Morgan fingerprint density at radius 3 is 1.40 bits per heavy atom. The normalized spacial score (nSPS) is 11.7. The third kappa shape index (κ3) is 9.79. The van der Waals surface area contributed by atoms with E-state index in [4.69, 9.17) is 29.9 Å². The Kier molecular flexibility index (Phi) is 13.6. The Balaban J connectivity index is 0.000000112. The molecule has 408 valence electrons. The van der Waals surface area contributed by atoms with Gasteiger partial charge in [0.2, 0.25) is 0 Å². The summed E-state index contributed by atoms with van der Waals surface area (Å²) < 4.78 is 6.69. The number of benzene rings is 9. The van der Waals surface area contributed by atoms with Crippen LogP contribution in [-0.4, -0.2) is 48.6 Å². The van der Waals surface area contributed by atoms with Crippen LogP contribution in [0.4, 0.5) is 0 Å². The summed E-state index contributed by atoms with van der Waals surface area (Å²) in [4.78, 5) is 34.1. The molecule has 0 fully saturated rings. The average molecular weight is 1090 g/mol. The molecule has 0 aliphatic heterocycles. The van der Waals surface area contributed by atoms with E-state index in [9.17, 15) is 0 Å². The Bertz CT molecular complexity index is 5180. The van der Waals surface area contributed by atoms with Gasteiger partial charge in [-0.1, -0.05) is 152 Å². The van der Waals surface area contributed by atoms with Gasteiger partial charge in [-0.3, -0.25) is 19.9 Å². The maximum atomic E-state index is 5.01.